The predicted molar refractivity (Wildman–Crippen MR) is 75.3 cm³/mol. The molecule has 0 saturated heterocycles. The van der Waals surface area contributed by atoms with Gasteiger partial charge in [0.1, 0.15) is 5.75 Å². The van der Waals surface area contributed by atoms with Crippen LogP contribution in [0.3, 0.4) is 0 Å². The largest absolute Gasteiger partial charge is 0.491 e. The van der Waals surface area contributed by atoms with Crippen LogP contribution in [0.25, 0.3) is 0 Å². The van der Waals surface area contributed by atoms with E-state index in [2.05, 4.69) is 5.32 Å². The standard InChI is InChI=1S/C14H22N2O3/c1-10(11(2)18-3)16-12-6-4-5-7-13(12)19-9-8-14(15)17/h4-7,10-11,16H,8-9H2,1-3H3,(H2,15,17). The van der Waals surface area contributed by atoms with E-state index in [1.165, 1.54) is 0 Å². The Morgan fingerprint density at radius 1 is 1.37 bits per heavy atom. The van der Waals surface area contributed by atoms with Crippen LogP contribution in [0.1, 0.15) is 20.3 Å². The molecule has 3 N–H and O–H groups in total. The molecule has 2 atom stereocenters. The fraction of sp³-hybridized carbons (Fsp3) is 0.500. The first-order chi connectivity index (χ1) is 9.04. The number of anilines is 1. The first-order valence-electron chi connectivity index (χ1n) is 6.34. The van der Waals surface area contributed by atoms with Crippen molar-refractivity contribution >= 4 is 11.6 Å². The van der Waals surface area contributed by atoms with Crippen LogP contribution in [0.5, 0.6) is 5.75 Å². The molecule has 0 radical (unpaired) electrons. The Hall–Kier alpha value is -1.75. The fourth-order valence-electron chi connectivity index (χ4n) is 1.54. The van der Waals surface area contributed by atoms with E-state index in [9.17, 15) is 4.79 Å². The molecule has 5 nitrogen and oxygen atoms in total. The Morgan fingerprint density at radius 2 is 2.05 bits per heavy atom. The fourth-order valence-corrected chi connectivity index (χ4v) is 1.54. The first kappa shape index (κ1) is 15.3. The summed E-state index contributed by atoms with van der Waals surface area (Å²) in [6.45, 7) is 4.31. The van der Waals surface area contributed by atoms with Gasteiger partial charge in [0.05, 0.1) is 24.8 Å². The molecule has 1 aromatic carbocycles. The summed E-state index contributed by atoms with van der Waals surface area (Å²) < 4.78 is 10.8. The van der Waals surface area contributed by atoms with Crippen molar-refractivity contribution in [3.63, 3.8) is 0 Å². The zero-order chi connectivity index (χ0) is 14.3. The number of carbonyl (C=O) groups is 1. The van der Waals surface area contributed by atoms with Gasteiger partial charge in [-0.15, -0.1) is 0 Å². The van der Waals surface area contributed by atoms with Gasteiger partial charge in [-0.05, 0) is 26.0 Å². The molecule has 0 aliphatic heterocycles. The lowest BCUT2D eigenvalue weighted by Crippen LogP contribution is -2.29. The third-order valence-corrected chi connectivity index (χ3v) is 2.95. The van der Waals surface area contributed by atoms with E-state index in [0.29, 0.717) is 5.75 Å². The molecule has 1 amide bonds. The Bertz CT molecular complexity index is 409. The monoisotopic (exact) mass is 266 g/mol. The molecule has 0 spiro atoms. The number of benzene rings is 1. The van der Waals surface area contributed by atoms with Crippen LogP contribution >= 0.6 is 0 Å². The van der Waals surface area contributed by atoms with Crippen LogP contribution < -0.4 is 15.8 Å². The third-order valence-electron chi connectivity index (χ3n) is 2.95. The highest BCUT2D eigenvalue weighted by molar-refractivity contribution is 5.73. The van der Waals surface area contributed by atoms with Gasteiger partial charge in [0.2, 0.25) is 5.91 Å². The van der Waals surface area contributed by atoms with Crippen LogP contribution in [0.4, 0.5) is 5.69 Å². The van der Waals surface area contributed by atoms with Crippen molar-refractivity contribution in [1.82, 2.24) is 0 Å². The van der Waals surface area contributed by atoms with Crippen LogP contribution in [-0.4, -0.2) is 31.8 Å². The molecule has 0 heterocycles. The number of carbonyl (C=O) groups excluding carboxylic acids is 1. The minimum atomic E-state index is -0.369. The van der Waals surface area contributed by atoms with Crippen LogP contribution in [0.2, 0.25) is 0 Å². The van der Waals surface area contributed by atoms with Gasteiger partial charge >= 0.3 is 0 Å². The van der Waals surface area contributed by atoms with Gasteiger partial charge in [0, 0.05) is 13.2 Å². The molecular formula is C14H22N2O3. The lowest BCUT2D eigenvalue weighted by molar-refractivity contribution is -0.118. The molecule has 0 fully saturated rings. The maximum atomic E-state index is 10.7. The van der Waals surface area contributed by atoms with Crippen molar-refractivity contribution < 1.29 is 14.3 Å². The summed E-state index contributed by atoms with van der Waals surface area (Å²) in [4.78, 5) is 10.7. The molecule has 0 aliphatic carbocycles. The van der Waals surface area contributed by atoms with Crippen molar-refractivity contribution in [2.75, 3.05) is 19.0 Å². The third kappa shape index (κ3) is 5.18. The highest BCUT2D eigenvalue weighted by Crippen LogP contribution is 2.25. The van der Waals surface area contributed by atoms with Crippen molar-refractivity contribution in [3.05, 3.63) is 24.3 Å². The minimum Gasteiger partial charge on any atom is -0.491 e. The Kier molecular flexibility index (Phi) is 6.15. The normalized spacial score (nSPS) is 13.6. The average molecular weight is 266 g/mol. The highest BCUT2D eigenvalue weighted by atomic mass is 16.5. The van der Waals surface area contributed by atoms with E-state index in [-0.39, 0.29) is 31.1 Å². The van der Waals surface area contributed by atoms with Gasteiger partial charge in [0.25, 0.3) is 0 Å². The van der Waals surface area contributed by atoms with Gasteiger partial charge in [-0.25, -0.2) is 0 Å². The summed E-state index contributed by atoms with van der Waals surface area (Å²) in [7, 11) is 1.68. The van der Waals surface area contributed by atoms with E-state index in [4.69, 9.17) is 15.2 Å². The molecule has 19 heavy (non-hydrogen) atoms. The number of hydrogen-bond donors (Lipinski definition) is 2. The summed E-state index contributed by atoms with van der Waals surface area (Å²) >= 11 is 0. The van der Waals surface area contributed by atoms with Gasteiger partial charge in [-0.2, -0.15) is 0 Å². The summed E-state index contributed by atoms with van der Waals surface area (Å²) in [5.74, 6) is 0.339. The number of rotatable bonds is 8. The number of primary amides is 1. The number of amides is 1. The van der Waals surface area contributed by atoms with Crippen molar-refractivity contribution in [1.29, 1.82) is 0 Å². The topological polar surface area (TPSA) is 73.6 Å². The summed E-state index contributed by atoms with van der Waals surface area (Å²) in [5, 5.41) is 3.33. The zero-order valence-corrected chi connectivity index (χ0v) is 11.7. The van der Waals surface area contributed by atoms with Gasteiger partial charge in [-0.1, -0.05) is 12.1 Å². The molecule has 2 unspecified atom stereocenters. The minimum absolute atomic E-state index is 0.0821. The quantitative estimate of drug-likeness (QED) is 0.752. The smallest absolute Gasteiger partial charge is 0.220 e. The molecule has 0 aliphatic rings. The van der Waals surface area contributed by atoms with Gasteiger partial charge < -0.3 is 20.5 Å². The molecule has 1 aromatic rings. The average Bonchev–Trinajstić information content (AvgIpc) is 2.39. The molecule has 0 aromatic heterocycles. The van der Waals surface area contributed by atoms with E-state index in [1.54, 1.807) is 7.11 Å². The predicted octanol–water partition coefficient (Wildman–Crippen LogP) is 1.78. The molecule has 1 rings (SSSR count). The number of ether oxygens (including phenoxy) is 2. The van der Waals surface area contributed by atoms with Crippen molar-refractivity contribution in [2.45, 2.75) is 32.4 Å². The van der Waals surface area contributed by atoms with Crippen LogP contribution in [0, 0.1) is 0 Å². The lowest BCUT2D eigenvalue weighted by Gasteiger charge is -2.22. The van der Waals surface area contributed by atoms with E-state index < -0.39 is 0 Å². The zero-order valence-electron chi connectivity index (χ0n) is 11.7. The summed E-state index contributed by atoms with van der Waals surface area (Å²) in [6, 6.07) is 7.74. The molecule has 0 saturated carbocycles. The van der Waals surface area contributed by atoms with E-state index in [1.807, 2.05) is 38.1 Å². The maximum absolute atomic E-state index is 10.7. The van der Waals surface area contributed by atoms with Gasteiger partial charge in [-0.3, -0.25) is 4.79 Å². The molecule has 106 valence electrons. The Balaban J connectivity index is 2.64. The molecule has 5 heteroatoms. The summed E-state index contributed by atoms with van der Waals surface area (Å²) in [6.07, 6.45) is 0.289. The highest BCUT2D eigenvalue weighted by Gasteiger charge is 2.13. The number of nitrogens with one attached hydrogen (secondary N) is 1. The SMILES string of the molecule is COC(C)C(C)Nc1ccccc1OCCC(N)=O. The Labute approximate surface area is 114 Å². The Morgan fingerprint density at radius 3 is 2.68 bits per heavy atom. The lowest BCUT2D eigenvalue weighted by atomic mass is 10.2. The molecular weight excluding hydrogens is 244 g/mol. The van der Waals surface area contributed by atoms with Crippen LogP contribution in [0.15, 0.2) is 24.3 Å². The van der Waals surface area contributed by atoms with Crippen molar-refractivity contribution in [2.24, 2.45) is 5.73 Å². The van der Waals surface area contributed by atoms with Crippen LogP contribution in [-0.2, 0) is 9.53 Å². The van der Waals surface area contributed by atoms with Gasteiger partial charge in [0.15, 0.2) is 0 Å². The second kappa shape index (κ2) is 7.63. The first-order valence-corrected chi connectivity index (χ1v) is 6.34. The maximum Gasteiger partial charge on any atom is 0.220 e. The number of hydrogen-bond acceptors (Lipinski definition) is 4. The van der Waals surface area contributed by atoms with Crippen molar-refractivity contribution in [3.8, 4) is 5.75 Å². The second-order valence-corrected chi connectivity index (χ2v) is 4.43. The second-order valence-electron chi connectivity index (χ2n) is 4.43. The number of nitrogens with two attached hydrogens (primary N) is 1. The van der Waals surface area contributed by atoms with E-state index in [0.717, 1.165) is 5.69 Å². The summed E-state index contributed by atoms with van der Waals surface area (Å²) in [5.41, 5.74) is 5.96. The van der Waals surface area contributed by atoms with E-state index >= 15 is 0 Å². The molecule has 0 bridgehead atoms. The number of para-hydroxylation sites is 2. The number of methoxy groups -OCH3 is 1.